The number of aromatic nitrogens is 4. The molecule has 13 nitrogen and oxygen atoms in total. The number of carboxylic acid groups (broad SMARTS) is 1. The number of nitrogens with two attached hydrogens (primary N) is 1. The average molecular weight is 567 g/mol. The van der Waals surface area contributed by atoms with E-state index in [1.54, 1.807) is 11.3 Å². The van der Waals surface area contributed by atoms with Crippen LogP contribution in [-0.2, 0) is 25.8 Å². The molecule has 5 rings (SSSR count). The molecule has 1 fully saturated rings. The number of rotatable bonds is 9. The number of imidazole rings is 1. The maximum Gasteiger partial charge on any atom is 0.278 e. The largest absolute Gasteiger partial charge is 0.543 e. The van der Waals surface area contributed by atoms with Gasteiger partial charge in [0.15, 0.2) is 5.13 Å². The highest BCUT2D eigenvalue weighted by Gasteiger charge is 2.53. The summed E-state index contributed by atoms with van der Waals surface area (Å²) in [5, 5.41) is 19.6. The van der Waals surface area contributed by atoms with Crippen LogP contribution in [0.15, 0.2) is 34.3 Å². The molecule has 17 heteroatoms. The molecule has 0 bridgehead atoms. The van der Waals surface area contributed by atoms with Crippen molar-refractivity contribution in [2.45, 2.75) is 24.9 Å². The standard InChI is InChI=1S/C20H19FN8O5S3/c1-9-6-35-11-5-27(8-28(9)11)4-10-7-36-18-13(17(31)29(18)14(10)19(32)33)23-16(30)12(25-34-3-2-21)15-24-20(22)37-26-15/h5-6,8,13,18H,2-4,7H2,1H3,(H3-,22,23,24,26,30,32,33)/b25-12-/t13-,18-/m1/s1. The Balaban J connectivity index is 1.34. The third-order valence-corrected chi connectivity index (χ3v) is 8.49. The van der Waals surface area contributed by atoms with Crippen LogP contribution in [0.25, 0.3) is 4.83 Å². The fraction of sp³-hybridized carbons (Fsp3) is 0.350. The lowest BCUT2D eigenvalue weighted by atomic mass is 10.0. The number of oxime groups is 1. The Labute approximate surface area is 220 Å². The smallest absolute Gasteiger partial charge is 0.278 e. The highest BCUT2D eigenvalue weighted by molar-refractivity contribution is 8.00. The zero-order valence-corrected chi connectivity index (χ0v) is 21.6. The molecule has 0 saturated carbocycles. The zero-order valence-electron chi connectivity index (χ0n) is 19.1. The van der Waals surface area contributed by atoms with E-state index in [-0.39, 0.29) is 28.9 Å². The Kier molecular flexibility index (Phi) is 6.82. The van der Waals surface area contributed by atoms with Gasteiger partial charge in [-0.25, -0.2) is 8.96 Å². The number of aryl methyl sites for hydroxylation is 1. The van der Waals surface area contributed by atoms with Crippen molar-refractivity contribution < 1.29 is 33.3 Å². The van der Waals surface area contributed by atoms with Crippen molar-refractivity contribution in [1.29, 1.82) is 0 Å². The minimum atomic E-state index is -1.47. The van der Waals surface area contributed by atoms with Gasteiger partial charge in [0, 0.05) is 28.2 Å². The molecule has 2 aliphatic rings. The molecule has 5 heterocycles. The van der Waals surface area contributed by atoms with Gasteiger partial charge in [-0.2, -0.15) is 13.8 Å². The molecule has 0 spiro atoms. The maximum atomic E-state index is 13.0. The normalized spacial score (nSPS) is 19.7. The minimum absolute atomic E-state index is 0.0714. The second-order valence-electron chi connectivity index (χ2n) is 8.02. The lowest BCUT2D eigenvalue weighted by Crippen LogP contribution is -2.71. The van der Waals surface area contributed by atoms with Crippen molar-refractivity contribution in [2.24, 2.45) is 5.16 Å². The van der Waals surface area contributed by atoms with Crippen LogP contribution < -0.4 is 20.7 Å². The first kappa shape index (κ1) is 25.1. The zero-order chi connectivity index (χ0) is 26.3. The van der Waals surface area contributed by atoms with E-state index >= 15 is 0 Å². The number of β-lactam (4-membered cyclic amide) rings is 1. The first-order chi connectivity index (χ1) is 17.8. The number of carbonyl (C=O) groups excluding carboxylic acids is 3. The molecule has 194 valence electrons. The molecule has 2 aliphatic heterocycles. The number of thiazole rings is 1. The summed E-state index contributed by atoms with van der Waals surface area (Å²) in [6.07, 6.45) is 3.77. The van der Waals surface area contributed by atoms with E-state index in [2.05, 4.69) is 19.8 Å². The van der Waals surface area contributed by atoms with Crippen LogP contribution >= 0.6 is 34.6 Å². The highest BCUT2D eigenvalue weighted by Crippen LogP contribution is 2.40. The summed E-state index contributed by atoms with van der Waals surface area (Å²) in [7, 11) is 0. The molecule has 0 unspecified atom stereocenters. The maximum absolute atomic E-state index is 13.0. The Morgan fingerprint density at radius 3 is 2.95 bits per heavy atom. The number of carbonyl (C=O) groups is 3. The van der Waals surface area contributed by atoms with Gasteiger partial charge in [-0.1, -0.05) is 16.5 Å². The van der Waals surface area contributed by atoms with Crippen LogP contribution in [0, 0.1) is 6.92 Å². The number of thioether (sulfide) groups is 1. The number of carboxylic acids is 1. The van der Waals surface area contributed by atoms with Gasteiger partial charge in [-0.3, -0.25) is 14.5 Å². The van der Waals surface area contributed by atoms with E-state index in [1.807, 2.05) is 33.8 Å². The topological polar surface area (TPSA) is 171 Å². The van der Waals surface area contributed by atoms with Crippen LogP contribution in [0.3, 0.4) is 0 Å². The number of nitrogens with one attached hydrogen (secondary N) is 1. The van der Waals surface area contributed by atoms with Crippen LogP contribution in [0.5, 0.6) is 0 Å². The van der Waals surface area contributed by atoms with E-state index in [4.69, 9.17) is 10.6 Å². The molecule has 37 heavy (non-hydrogen) atoms. The van der Waals surface area contributed by atoms with Crippen LogP contribution in [0.1, 0.15) is 11.5 Å². The fourth-order valence-electron chi connectivity index (χ4n) is 3.97. The molecule has 3 aromatic rings. The summed E-state index contributed by atoms with van der Waals surface area (Å²) in [6, 6.07) is -1.04. The molecule has 0 radical (unpaired) electrons. The number of fused-ring (bicyclic) bond motifs is 2. The number of nitrogens with zero attached hydrogens (tertiary/aromatic N) is 6. The van der Waals surface area contributed by atoms with Gasteiger partial charge in [0.2, 0.25) is 22.7 Å². The summed E-state index contributed by atoms with van der Waals surface area (Å²) in [4.78, 5) is 48.8. The van der Waals surface area contributed by atoms with Gasteiger partial charge >= 0.3 is 0 Å². The van der Waals surface area contributed by atoms with E-state index in [1.165, 1.54) is 11.8 Å². The summed E-state index contributed by atoms with van der Waals surface area (Å²) in [5.74, 6) is -2.77. The summed E-state index contributed by atoms with van der Waals surface area (Å²) in [5.41, 5.74) is 6.56. The number of hydrogen-bond donors (Lipinski definition) is 2. The van der Waals surface area contributed by atoms with Crippen molar-refractivity contribution in [3.63, 3.8) is 0 Å². The third-order valence-electron chi connectivity index (χ3n) is 5.60. The number of amides is 2. The average Bonchev–Trinajstić information content (AvgIpc) is 3.57. The van der Waals surface area contributed by atoms with Crippen LogP contribution in [0.4, 0.5) is 9.52 Å². The molecule has 1 saturated heterocycles. The monoisotopic (exact) mass is 566 g/mol. The van der Waals surface area contributed by atoms with Crippen LogP contribution in [-0.4, -0.2) is 72.6 Å². The lowest BCUT2D eigenvalue weighted by molar-refractivity contribution is -0.687. The minimum Gasteiger partial charge on any atom is -0.543 e. The number of anilines is 1. The molecule has 2 amide bonds. The summed E-state index contributed by atoms with van der Waals surface area (Å²) < 4.78 is 20.2. The molecule has 3 N–H and O–H groups in total. The molecule has 0 aliphatic carbocycles. The van der Waals surface area contributed by atoms with E-state index in [9.17, 15) is 23.9 Å². The number of aliphatic carboxylic acids is 1. The van der Waals surface area contributed by atoms with Crippen molar-refractivity contribution in [1.82, 2.24) is 24.0 Å². The van der Waals surface area contributed by atoms with Gasteiger partial charge < -0.3 is 25.8 Å². The molecule has 2 atom stereocenters. The van der Waals surface area contributed by atoms with Gasteiger partial charge in [0.25, 0.3) is 11.8 Å². The Morgan fingerprint density at radius 2 is 2.27 bits per heavy atom. The lowest BCUT2D eigenvalue weighted by Gasteiger charge is -2.50. The van der Waals surface area contributed by atoms with Crippen LogP contribution in [0.2, 0.25) is 0 Å². The summed E-state index contributed by atoms with van der Waals surface area (Å²) >= 11 is 3.70. The van der Waals surface area contributed by atoms with E-state index < -0.39 is 42.5 Å². The molecular weight excluding hydrogens is 547 g/mol. The second-order valence-corrected chi connectivity index (χ2v) is 10.8. The van der Waals surface area contributed by atoms with Gasteiger partial charge in [0.1, 0.15) is 43.1 Å². The Morgan fingerprint density at radius 1 is 1.46 bits per heavy atom. The van der Waals surface area contributed by atoms with Crippen molar-refractivity contribution >= 4 is 68.1 Å². The number of alkyl halides is 1. The van der Waals surface area contributed by atoms with Crippen molar-refractivity contribution in [3.05, 3.63) is 40.7 Å². The SMILES string of the molecule is Cc1csc2c[n+](CC3=C(C(=O)[O-])N4C(=O)[C@@H](NC(=O)/C(=N\OCCF)c5nsc(N)n5)[C@H]4SC3)cn12. The van der Waals surface area contributed by atoms with Crippen molar-refractivity contribution in [2.75, 3.05) is 24.8 Å². The second kappa shape index (κ2) is 10.1. The van der Waals surface area contributed by atoms with E-state index in [0.717, 1.165) is 27.0 Å². The number of halogens is 1. The number of hydrogen-bond acceptors (Lipinski definition) is 12. The fourth-order valence-corrected chi connectivity index (χ4v) is 6.64. The molecule has 3 aromatic heterocycles. The first-order valence-electron chi connectivity index (χ1n) is 10.8. The van der Waals surface area contributed by atoms with Gasteiger partial charge in [0.05, 0.1) is 11.7 Å². The van der Waals surface area contributed by atoms with Gasteiger partial charge in [-0.15, -0.1) is 11.8 Å². The first-order valence-corrected chi connectivity index (χ1v) is 13.5. The summed E-state index contributed by atoms with van der Waals surface area (Å²) in [6.45, 7) is 0.999. The van der Waals surface area contributed by atoms with E-state index in [0.29, 0.717) is 11.3 Å². The molecular formula is C20H19FN8O5S3. The predicted molar refractivity (Wildman–Crippen MR) is 130 cm³/mol. The highest BCUT2D eigenvalue weighted by atomic mass is 32.2. The third kappa shape index (κ3) is 4.64. The Bertz CT molecular complexity index is 1460. The quantitative estimate of drug-likeness (QED) is 0.106. The predicted octanol–water partition coefficient (Wildman–Crippen LogP) is -1.18. The van der Waals surface area contributed by atoms with Gasteiger partial charge in [-0.05, 0) is 6.92 Å². The number of nitrogen functional groups attached to an aromatic ring is 1. The molecule has 0 aromatic carbocycles. The van der Waals surface area contributed by atoms with Crippen molar-refractivity contribution in [3.8, 4) is 0 Å². The Hall–Kier alpha value is -3.57.